The molecule has 31 heavy (non-hydrogen) atoms. The minimum atomic E-state index is 0.291. The maximum Gasteiger partial charge on any atom is 0.191 e. The first-order valence-corrected chi connectivity index (χ1v) is 11.2. The van der Waals surface area contributed by atoms with Crippen molar-refractivity contribution >= 4 is 5.96 Å². The van der Waals surface area contributed by atoms with Crippen molar-refractivity contribution in [2.45, 2.75) is 45.1 Å². The van der Waals surface area contributed by atoms with Crippen molar-refractivity contribution < 1.29 is 14.2 Å². The summed E-state index contributed by atoms with van der Waals surface area (Å²) < 4.78 is 17.2. The van der Waals surface area contributed by atoms with Crippen LogP contribution in [0.25, 0.3) is 0 Å². The molecule has 3 rings (SSSR count). The van der Waals surface area contributed by atoms with Crippen LogP contribution in [0.4, 0.5) is 0 Å². The number of hydrogen-bond donors (Lipinski definition) is 2. The van der Waals surface area contributed by atoms with E-state index in [1.54, 1.807) is 7.05 Å². The van der Waals surface area contributed by atoms with Crippen LogP contribution in [0.2, 0.25) is 0 Å². The van der Waals surface area contributed by atoms with Gasteiger partial charge in [-0.1, -0.05) is 54.6 Å². The quantitative estimate of drug-likeness (QED) is 0.309. The van der Waals surface area contributed by atoms with Gasteiger partial charge in [-0.3, -0.25) is 4.99 Å². The Morgan fingerprint density at radius 3 is 2.58 bits per heavy atom. The highest BCUT2D eigenvalue weighted by molar-refractivity contribution is 5.79. The summed E-state index contributed by atoms with van der Waals surface area (Å²) in [5.74, 6) is 0.791. The van der Waals surface area contributed by atoms with Gasteiger partial charge in [-0.25, -0.2) is 0 Å². The molecule has 2 N–H and O–H groups in total. The zero-order valence-electron chi connectivity index (χ0n) is 18.5. The van der Waals surface area contributed by atoms with Crippen molar-refractivity contribution in [3.8, 4) is 0 Å². The van der Waals surface area contributed by atoms with E-state index in [-0.39, 0.29) is 0 Å². The van der Waals surface area contributed by atoms with Crippen LogP contribution < -0.4 is 10.6 Å². The second kappa shape index (κ2) is 13.8. The van der Waals surface area contributed by atoms with Crippen molar-refractivity contribution in [2.75, 3.05) is 33.4 Å². The molecule has 6 nitrogen and oxygen atoms in total. The zero-order chi connectivity index (χ0) is 21.6. The third-order valence-electron chi connectivity index (χ3n) is 5.24. The minimum absolute atomic E-state index is 0.291. The molecule has 0 radical (unpaired) electrons. The molecule has 1 heterocycles. The molecule has 168 valence electrons. The van der Waals surface area contributed by atoms with Gasteiger partial charge in [-0.2, -0.15) is 0 Å². The fourth-order valence-electron chi connectivity index (χ4n) is 3.49. The summed E-state index contributed by atoms with van der Waals surface area (Å²) in [6.07, 6.45) is 3.49. The van der Waals surface area contributed by atoms with Gasteiger partial charge in [0, 0.05) is 33.4 Å². The average molecular weight is 426 g/mol. The molecule has 0 amide bonds. The number of aliphatic imine (C=N–C) groups is 1. The maximum absolute atomic E-state index is 5.92. The van der Waals surface area contributed by atoms with Crippen LogP contribution in [0, 0.1) is 0 Å². The predicted molar refractivity (Wildman–Crippen MR) is 124 cm³/mol. The van der Waals surface area contributed by atoms with E-state index in [0.29, 0.717) is 32.5 Å². The Morgan fingerprint density at radius 2 is 1.81 bits per heavy atom. The third kappa shape index (κ3) is 8.69. The molecule has 0 spiro atoms. The lowest BCUT2D eigenvalue weighted by molar-refractivity contribution is 0.0168. The highest BCUT2D eigenvalue weighted by atomic mass is 16.5. The van der Waals surface area contributed by atoms with Gasteiger partial charge in [0.1, 0.15) is 0 Å². The van der Waals surface area contributed by atoms with Crippen molar-refractivity contribution in [3.63, 3.8) is 0 Å². The molecule has 2 aromatic rings. The van der Waals surface area contributed by atoms with Crippen LogP contribution in [0.15, 0.2) is 59.6 Å². The second-order valence-electron chi connectivity index (χ2n) is 7.66. The molecular weight excluding hydrogens is 390 g/mol. The van der Waals surface area contributed by atoms with Crippen LogP contribution >= 0.6 is 0 Å². The average Bonchev–Trinajstić information content (AvgIpc) is 3.33. The van der Waals surface area contributed by atoms with Crippen LogP contribution in [0.5, 0.6) is 0 Å². The van der Waals surface area contributed by atoms with E-state index in [4.69, 9.17) is 14.2 Å². The lowest BCUT2D eigenvalue weighted by Gasteiger charge is -2.15. The van der Waals surface area contributed by atoms with E-state index >= 15 is 0 Å². The van der Waals surface area contributed by atoms with Crippen LogP contribution in [-0.2, 0) is 34.0 Å². The van der Waals surface area contributed by atoms with Crippen molar-refractivity contribution in [2.24, 2.45) is 4.99 Å². The Labute approximate surface area is 186 Å². The number of ether oxygens (including phenoxy) is 3. The second-order valence-corrected chi connectivity index (χ2v) is 7.66. The number of guanidine groups is 1. The monoisotopic (exact) mass is 425 g/mol. The SMILES string of the molecule is CN=C(NCCCOCC1CCCO1)NCc1ccccc1COCc1ccccc1. The summed E-state index contributed by atoms with van der Waals surface area (Å²) in [4.78, 5) is 4.32. The van der Waals surface area contributed by atoms with Crippen molar-refractivity contribution in [1.29, 1.82) is 0 Å². The van der Waals surface area contributed by atoms with E-state index in [0.717, 1.165) is 45.0 Å². The number of rotatable bonds is 12. The van der Waals surface area contributed by atoms with Gasteiger partial charge in [-0.05, 0) is 36.0 Å². The minimum Gasteiger partial charge on any atom is -0.379 e. The standard InChI is InChI=1S/C25H35N3O3/c1-26-25(27-14-8-15-29-20-24-13-7-16-31-24)28-17-22-11-5-6-12-23(22)19-30-18-21-9-3-2-4-10-21/h2-6,9-12,24H,7-8,13-20H2,1H3,(H2,26,27,28). The summed E-state index contributed by atoms with van der Waals surface area (Å²) in [5, 5.41) is 6.74. The molecule has 1 fully saturated rings. The number of nitrogens with zero attached hydrogens (tertiary/aromatic N) is 1. The molecule has 6 heteroatoms. The fraction of sp³-hybridized carbons (Fsp3) is 0.480. The van der Waals surface area contributed by atoms with E-state index in [1.807, 2.05) is 24.3 Å². The Morgan fingerprint density at radius 1 is 1.00 bits per heavy atom. The largest absolute Gasteiger partial charge is 0.379 e. The predicted octanol–water partition coefficient (Wildman–Crippen LogP) is 3.65. The van der Waals surface area contributed by atoms with E-state index in [1.165, 1.54) is 16.7 Å². The van der Waals surface area contributed by atoms with Gasteiger partial charge in [0.05, 0.1) is 25.9 Å². The number of hydrogen-bond acceptors (Lipinski definition) is 4. The number of nitrogens with one attached hydrogen (secondary N) is 2. The summed E-state index contributed by atoms with van der Waals surface area (Å²) >= 11 is 0. The third-order valence-corrected chi connectivity index (χ3v) is 5.24. The molecule has 1 saturated heterocycles. The normalized spacial score (nSPS) is 16.4. The Balaban J connectivity index is 1.33. The zero-order valence-corrected chi connectivity index (χ0v) is 18.5. The first-order chi connectivity index (χ1) is 15.3. The molecule has 1 aliphatic rings. The lowest BCUT2D eigenvalue weighted by Crippen LogP contribution is -2.37. The molecule has 2 aromatic carbocycles. The molecule has 0 bridgehead atoms. The van der Waals surface area contributed by atoms with E-state index in [2.05, 4.69) is 46.0 Å². The summed E-state index contributed by atoms with van der Waals surface area (Å²) in [5.41, 5.74) is 3.57. The van der Waals surface area contributed by atoms with Gasteiger partial charge in [0.2, 0.25) is 0 Å². The Hall–Kier alpha value is -2.41. The van der Waals surface area contributed by atoms with Gasteiger partial charge in [0.25, 0.3) is 0 Å². The first kappa shape index (κ1) is 23.3. The molecule has 0 saturated carbocycles. The highest BCUT2D eigenvalue weighted by Gasteiger charge is 2.14. The summed E-state index contributed by atoms with van der Waals surface area (Å²) in [6.45, 7) is 5.01. The Bertz CT molecular complexity index is 777. The highest BCUT2D eigenvalue weighted by Crippen LogP contribution is 2.12. The molecular formula is C25H35N3O3. The number of benzene rings is 2. The summed E-state index contributed by atoms with van der Waals surface area (Å²) in [6, 6.07) is 18.6. The molecule has 0 aliphatic carbocycles. The van der Waals surface area contributed by atoms with Crippen molar-refractivity contribution in [1.82, 2.24) is 10.6 Å². The lowest BCUT2D eigenvalue weighted by atomic mass is 10.1. The Kier molecular flexibility index (Phi) is 10.4. The van der Waals surface area contributed by atoms with Crippen LogP contribution in [-0.4, -0.2) is 45.5 Å². The van der Waals surface area contributed by atoms with Gasteiger partial charge >= 0.3 is 0 Å². The molecule has 1 unspecified atom stereocenters. The topological polar surface area (TPSA) is 64.1 Å². The maximum atomic E-state index is 5.92. The van der Waals surface area contributed by atoms with Gasteiger partial charge < -0.3 is 24.8 Å². The molecule has 1 atom stereocenters. The molecule has 1 aliphatic heterocycles. The van der Waals surface area contributed by atoms with E-state index < -0.39 is 0 Å². The van der Waals surface area contributed by atoms with E-state index in [9.17, 15) is 0 Å². The fourth-order valence-corrected chi connectivity index (χ4v) is 3.49. The van der Waals surface area contributed by atoms with Crippen LogP contribution in [0.3, 0.4) is 0 Å². The summed E-state index contributed by atoms with van der Waals surface area (Å²) in [7, 11) is 1.79. The smallest absolute Gasteiger partial charge is 0.191 e. The van der Waals surface area contributed by atoms with Gasteiger partial charge in [0.15, 0.2) is 5.96 Å². The van der Waals surface area contributed by atoms with Crippen LogP contribution in [0.1, 0.15) is 36.0 Å². The molecule has 0 aromatic heterocycles. The first-order valence-electron chi connectivity index (χ1n) is 11.2. The van der Waals surface area contributed by atoms with Crippen molar-refractivity contribution in [3.05, 3.63) is 71.3 Å². The van der Waals surface area contributed by atoms with Gasteiger partial charge in [-0.15, -0.1) is 0 Å².